The van der Waals surface area contributed by atoms with Gasteiger partial charge in [-0.2, -0.15) is 0 Å². The molecule has 0 N–H and O–H groups in total. The number of hydrogen-bond acceptors (Lipinski definition) is 6. The maximum absolute atomic E-state index is 6.86. The summed E-state index contributed by atoms with van der Waals surface area (Å²) in [5.74, 6) is 3.51. The van der Waals surface area contributed by atoms with Crippen molar-refractivity contribution in [1.82, 2.24) is 0 Å². The van der Waals surface area contributed by atoms with Gasteiger partial charge in [0.15, 0.2) is 0 Å². The van der Waals surface area contributed by atoms with Gasteiger partial charge in [-0.25, -0.2) is 0 Å². The van der Waals surface area contributed by atoms with Crippen LogP contribution in [0.2, 0.25) is 0 Å². The molecule has 4 heterocycles. The molecular weight excluding hydrogens is 880 g/mol. The predicted octanol–water partition coefficient (Wildman–Crippen LogP) is 16.4. The van der Waals surface area contributed by atoms with Crippen molar-refractivity contribution in [3.8, 4) is 23.0 Å². The average Bonchev–Trinajstić information content (AvgIpc) is 3.92. The van der Waals surface area contributed by atoms with E-state index in [9.17, 15) is 0 Å². The molecular formula is C62H37BN2O2S2. The Balaban J connectivity index is 0.844. The molecule has 0 atom stereocenters. The third kappa shape index (κ3) is 6.14. The molecule has 0 fully saturated rings. The maximum Gasteiger partial charge on any atom is 0.260 e. The number of benzene rings is 11. The van der Waals surface area contributed by atoms with Crippen molar-refractivity contribution in [2.24, 2.45) is 0 Å². The lowest BCUT2D eigenvalue weighted by Gasteiger charge is -2.33. The van der Waals surface area contributed by atoms with E-state index in [-0.39, 0.29) is 6.71 Å². The van der Waals surface area contributed by atoms with Crippen molar-refractivity contribution < 1.29 is 9.47 Å². The SMILES string of the molecule is c1ccc(N(c2ccccc2)c2ccc3cc4c(cc3c2)sc2cc3c(cc24)Oc2cccc4c2B3c2cc3sc5cc6cc(N(c7ccccc7)c7ccccc7)ccc6cc5c3cc2O4)cc1. The lowest BCUT2D eigenvalue weighted by Crippen LogP contribution is -2.57. The Morgan fingerprint density at radius 1 is 0.290 bits per heavy atom. The van der Waals surface area contributed by atoms with Gasteiger partial charge in [-0.1, -0.05) is 91.0 Å². The number of rotatable bonds is 6. The topological polar surface area (TPSA) is 24.9 Å². The van der Waals surface area contributed by atoms with Crippen molar-refractivity contribution in [1.29, 1.82) is 0 Å². The Kier molecular flexibility index (Phi) is 8.46. The maximum atomic E-state index is 6.86. The van der Waals surface area contributed by atoms with E-state index in [4.69, 9.17) is 9.47 Å². The van der Waals surface area contributed by atoms with Crippen LogP contribution in [0.15, 0.2) is 224 Å². The van der Waals surface area contributed by atoms with E-state index in [1.807, 2.05) is 28.7 Å². The van der Waals surface area contributed by atoms with Gasteiger partial charge in [-0.05, 0) is 166 Å². The number of hydrogen-bond donors (Lipinski definition) is 0. The molecule has 0 radical (unpaired) electrons. The second kappa shape index (κ2) is 15.1. The predicted molar refractivity (Wildman–Crippen MR) is 294 cm³/mol. The largest absolute Gasteiger partial charge is 0.458 e. The van der Waals surface area contributed by atoms with E-state index >= 15 is 0 Å². The quantitative estimate of drug-likeness (QED) is 0.155. The summed E-state index contributed by atoms with van der Waals surface area (Å²) in [5, 5.41) is 9.76. The van der Waals surface area contributed by atoms with Crippen LogP contribution in [0.5, 0.6) is 23.0 Å². The molecule has 0 saturated heterocycles. The molecule has 15 rings (SSSR count). The number of fused-ring (bicyclic) bond motifs is 12. The minimum Gasteiger partial charge on any atom is -0.458 e. The fourth-order valence-corrected chi connectivity index (χ4v) is 13.2. The van der Waals surface area contributed by atoms with Gasteiger partial charge >= 0.3 is 0 Å². The molecule has 7 heteroatoms. The Labute approximate surface area is 406 Å². The molecule has 0 unspecified atom stereocenters. The molecule has 0 aliphatic carbocycles. The normalized spacial score (nSPS) is 12.6. The second-order valence-electron chi connectivity index (χ2n) is 18.1. The van der Waals surface area contributed by atoms with Gasteiger partial charge < -0.3 is 19.3 Å². The van der Waals surface area contributed by atoms with Crippen LogP contribution in [0.3, 0.4) is 0 Å². The molecule has 0 spiro atoms. The van der Waals surface area contributed by atoms with Crippen molar-refractivity contribution in [3.63, 3.8) is 0 Å². The van der Waals surface area contributed by atoms with Crippen LogP contribution in [-0.2, 0) is 0 Å². The molecule has 2 aromatic heterocycles. The lowest BCUT2D eigenvalue weighted by atomic mass is 9.35. The zero-order chi connectivity index (χ0) is 45.2. The van der Waals surface area contributed by atoms with E-state index in [0.717, 1.165) is 62.6 Å². The first-order valence-corrected chi connectivity index (χ1v) is 25.0. The van der Waals surface area contributed by atoms with Crippen LogP contribution in [0.4, 0.5) is 34.1 Å². The van der Waals surface area contributed by atoms with Crippen LogP contribution in [0.25, 0.3) is 61.9 Å². The first-order valence-electron chi connectivity index (χ1n) is 23.3. The summed E-state index contributed by atoms with van der Waals surface area (Å²) in [6.07, 6.45) is 0. The third-order valence-electron chi connectivity index (χ3n) is 14.0. The summed E-state index contributed by atoms with van der Waals surface area (Å²) in [7, 11) is 0. The molecule has 2 aliphatic rings. The van der Waals surface area contributed by atoms with Crippen LogP contribution in [0, 0.1) is 0 Å². The van der Waals surface area contributed by atoms with Gasteiger partial charge in [0.25, 0.3) is 6.71 Å². The minimum absolute atomic E-state index is 0.0416. The van der Waals surface area contributed by atoms with Gasteiger partial charge in [-0.3, -0.25) is 0 Å². The molecule has 11 aromatic carbocycles. The summed E-state index contributed by atoms with van der Waals surface area (Å²) in [5.41, 5.74) is 10.2. The van der Waals surface area contributed by atoms with Crippen molar-refractivity contribution in [3.05, 3.63) is 224 Å². The highest BCUT2D eigenvalue weighted by molar-refractivity contribution is 7.26. The smallest absolute Gasteiger partial charge is 0.260 e. The minimum atomic E-state index is -0.0416. The molecule has 2 aliphatic heterocycles. The fraction of sp³-hybridized carbons (Fsp3) is 0. The van der Waals surface area contributed by atoms with E-state index in [2.05, 4.69) is 228 Å². The first-order chi connectivity index (χ1) is 34.1. The van der Waals surface area contributed by atoms with Gasteiger partial charge in [0.1, 0.15) is 23.0 Å². The number of thiophene rings is 2. The van der Waals surface area contributed by atoms with Gasteiger partial charge in [0, 0.05) is 79.9 Å². The number of anilines is 6. The molecule has 4 nitrogen and oxygen atoms in total. The highest BCUT2D eigenvalue weighted by Crippen LogP contribution is 2.45. The second-order valence-corrected chi connectivity index (χ2v) is 20.2. The summed E-state index contributed by atoms with van der Waals surface area (Å²) in [6.45, 7) is -0.0416. The lowest BCUT2D eigenvalue weighted by molar-refractivity contribution is 0.465. The van der Waals surface area contributed by atoms with Crippen molar-refractivity contribution in [2.75, 3.05) is 9.80 Å². The summed E-state index contributed by atoms with van der Waals surface area (Å²) >= 11 is 3.72. The Bertz CT molecular complexity index is 3870. The Morgan fingerprint density at radius 2 is 0.667 bits per heavy atom. The van der Waals surface area contributed by atoms with E-state index < -0.39 is 0 Å². The summed E-state index contributed by atoms with van der Waals surface area (Å²) < 4.78 is 18.7. The molecule has 13 aromatic rings. The Morgan fingerprint density at radius 3 is 1.07 bits per heavy atom. The van der Waals surface area contributed by atoms with Gasteiger partial charge in [-0.15, -0.1) is 22.7 Å². The van der Waals surface area contributed by atoms with Gasteiger partial charge in [0.05, 0.1) is 0 Å². The molecule has 0 saturated carbocycles. The van der Waals surface area contributed by atoms with Crippen LogP contribution >= 0.6 is 22.7 Å². The molecule has 0 amide bonds. The van der Waals surface area contributed by atoms with E-state index in [1.54, 1.807) is 0 Å². The van der Waals surface area contributed by atoms with E-state index in [0.29, 0.717) is 0 Å². The standard InChI is InChI=1S/C62H37BN2O2S2/c1-5-14-42(15-6-1)64(43-16-7-2-8-17-43)46-26-24-38-30-48-50-34-56-52(36-60(50)68-58(48)32-40(38)28-46)63-53-37-61-51(35-57(53)67-55-23-13-22-54(66-56)62(55)63)49-31-39-25-27-47(29-41(39)33-59(49)69-61)65(44-18-9-3-10-19-44)45-20-11-4-12-21-45/h1-37H. The zero-order valence-corrected chi connectivity index (χ0v) is 38.6. The molecule has 69 heavy (non-hydrogen) atoms. The first kappa shape index (κ1) is 38.7. The highest BCUT2D eigenvalue weighted by atomic mass is 32.1. The molecule has 0 bridgehead atoms. The average molecular weight is 917 g/mol. The van der Waals surface area contributed by atoms with Crippen molar-refractivity contribution >= 4 is 142 Å². The number of para-hydroxylation sites is 4. The summed E-state index contributed by atoms with van der Waals surface area (Å²) in [6, 6.07) is 81.1. The van der Waals surface area contributed by atoms with Gasteiger partial charge in [0.2, 0.25) is 0 Å². The van der Waals surface area contributed by atoms with Crippen LogP contribution < -0.4 is 35.7 Å². The summed E-state index contributed by atoms with van der Waals surface area (Å²) in [4.78, 5) is 4.66. The third-order valence-corrected chi connectivity index (χ3v) is 16.3. The highest BCUT2D eigenvalue weighted by Gasteiger charge is 2.41. The zero-order valence-electron chi connectivity index (χ0n) is 37.0. The van der Waals surface area contributed by atoms with E-state index in [1.165, 1.54) is 72.8 Å². The number of ether oxygens (including phenoxy) is 2. The van der Waals surface area contributed by atoms with Crippen LogP contribution in [0.1, 0.15) is 0 Å². The van der Waals surface area contributed by atoms with Crippen LogP contribution in [-0.4, -0.2) is 6.71 Å². The monoisotopic (exact) mass is 916 g/mol. The Hall–Kier alpha value is -8.36. The number of nitrogens with zero attached hydrogens (tertiary/aromatic N) is 2. The fourth-order valence-electron chi connectivity index (χ4n) is 10.9. The van der Waals surface area contributed by atoms with Crippen molar-refractivity contribution in [2.45, 2.75) is 0 Å². The molecule has 322 valence electrons.